The molecule has 0 aliphatic carbocycles. The maximum Gasteiger partial charge on any atom is 0.407 e. The molecule has 24 heavy (non-hydrogen) atoms. The third-order valence-electron chi connectivity index (χ3n) is 4.88. The summed E-state index contributed by atoms with van der Waals surface area (Å²) < 4.78 is 0. The van der Waals surface area contributed by atoms with Gasteiger partial charge in [0.05, 0.1) is 0 Å². The average molecular weight is 336 g/mol. The van der Waals surface area contributed by atoms with Crippen LogP contribution in [0, 0.1) is 17.2 Å². The molecule has 0 aromatic rings. The highest BCUT2D eigenvalue weighted by Gasteiger charge is 2.30. The molecule has 7 heteroatoms. The van der Waals surface area contributed by atoms with Crippen molar-refractivity contribution in [3.63, 3.8) is 0 Å². The molecule has 1 amide bonds. The van der Waals surface area contributed by atoms with E-state index < -0.39 is 6.09 Å². The number of hydrogen-bond acceptors (Lipinski definition) is 5. The standard InChI is InChI=1S/C17H28N4O3/c1-13(2)24-19-16(12-18)14-5-9-20(10-6-14)15-4-3-8-21(11-7-15)17(22)23/h13-15H,3-11H2,1-2H3,(H,22,23). The van der Waals surface area contributed by atoms with E-state index in [0.29, 0.717) is 24.8 Å². The molecule has 0 bridgehead atoms. The Kier molecular flexibility index (Phi) is 6.85. The van der Waals surface area contributed by atoms with E-state index >= 15 is 0 Å². The number of amides is 1. The molecular weight excluding hydrogens is 308 g/mol. The quantitative estimate of drug-likeness (QED) is 0.629. The molecule has 0 radical (unpaired) electrons. The van der Waals surface area contributed by atoms with Gasteiger partial charge in [0.15, 0.2) is 5.71 Å². The number of likely N-dealkylation sites (tertiary alicyclic amines) is 2. The van der Waals surface area contributed by atoms with Crippen molar-refractivity contribution in [1.29, 1.82) is 5.26 Å². The smallest absolute Gasteiger partial charge is 0.407 e. The summed E-state index contributed by atoms with van der Waals surface area (Å²) in [7, 11) is 0. The van der Waals surface area contributed by atoms with Gasteiger partial charge >= 0.3 is 6.09 Å². The van der Waals surface area contributed by atoms with Crippen LogP contribution in [0.2, 0.25) is 0 Å². The van der Waals surface area contributed by atoms with Crippen LogP contribution in [-0.4, -0.2) is 65.0 Å². The summed E-state index contributed by atoms with van der Waals surface area (Å²) in [5.41, 5.74) is 0.501. The first kappa shape index (κ1) is 18.5. The van der Waals surface area contributed by atoms with E-state index in [4.69, 9.17) is 9.94 Å². The molecular formula is C17H28N4O3. The number of hydrogen-bond donors (Lipinski definition) is 1. The summed E-state index contributed by atoms with van der Waals surface area (Å²) in [6.45, 7) is 6.92. The number of carboxylic acid groups (broad SMARTS) is 1. The average Bonchev–Trinajstić information content (AvgIpc) is 2.82. The zero-order valence-electron chi connectivity index (χ0n) is 14.6. The van der Waals surface area contributed by atoms with Crippen molar-refractivity contribution in [3.05, 3.63) is 0 Å². The van der Waals surface area contributed by atoms with Crippen LogP contribution < -0.4 is 0 Å². The minimum absolute atomic E-state index is 0.0170. The normalized spacial score (nSPS) is 24.5. The second-order valence-electron chi connectivity index (χ2n) is 6.91. The molecule has 2 saturated heterocycles. The SMILES string of the molecule is CC(C)ON=C(C#N)C1CCN(C2CCCN(C(=O)O)CC2)CC1. The lowest BCUT2D eigenvalue weighted by Gasteiger charge is -2.36. The molecule has 2 aliphatic rings. The Bertz CT molecular complexity index is 493. The van der Waals surface area contributed by atoms with Crippen LogP contribution in [0.4, 0.5) is 4.79 Å². The van der Waals surface area contributed by atoms with Gasteiger partial charge in [-0.2, -0.15) is 5.26 Å². The van der Waals surface area contributed by atoms with E-state index in [9.17, 15) is 10.1 Å². The number of nitriles is 1. The highest BCUT2D eigenvalue weighted by Crippen LogP contribution is 2.25. The molecule has 2 aliphatic heterocycles. The molecule has 2 rings (SSSR count). The minimum atomic E-state index is -0.811. The molecule has 0 saturated carbocycles. The first-order valence-electron chi connectivity index (χ1n) is 8.87. The molecule has 2 fully saturated rings. The minimum Gasteiger partial charge on any atom is -0.465 e. The van der Waals surface area contributed by atoms with Gasteiger partial charge in [-0.3, -0.25) is 0 Å². The van der Waals surface area contributed by atoms with Crippen LogP contribution in [0.5, 0.6) is 0 Å². The summed E-state index contributed by atoms with van der Waals surface area (Å²) in [5.74, 6) is 0.172. The molecule has 2 heterocycles. The molecule has 1 atom stereocenters. The fourth-order valence-electron chi connectivity index (χ4n) is 3.52. The van der Waals surface area contributed by atoms with E-state index in [0.717, 1.165) is 45.2 Å². The number of oxime groups is 1. The van der Waals surface area contributed by atoms with Gasteiger partial charge in [-0.15, -0.1) is 0 Å². The van der Waals surface area contributed by atoms with Crippen LogP contribution in [0.1, 0.15) is 46.0 Å². The molecule has 0 aromatic heterocycles. The topological polar surface area (TPSA) is 89.2 Å². The van der Waals surface area contributed by atoms with E-state index in [1.165, 1.54) is 4.90 Å². The van der Waals surface area contributed by atoms with Gasteiger partial charge in [-0.25, -0.2) is 4.79 Å². The van der Waals surface area contributed by atoms with Crippen LogP contribution >= 0.6 is 0 Å². The van der Waals surface area contributed by atoms with Gasteiger partial charge in [0, 0.05) is 25.0 Å². The van der Waals surface area contributed by atoms with Gasteiger partial charge in [0.2, 0.25) is 0 Å². The maximum absolute atomic E-state index is 11.1. The molecule has 1 unspecified atom stereocenters. The lowest BCUT2D eigenvalue weighted by molar-refractivity contribution is 0.0830. The van der Waals surface area contributed by atoms with Crippen LogP contribution in [-0.2, 0) is 4.84 Å². The second kappa shape index (κ2) is 8.88. The molecule has 0 aromatic carbocycles. The lowest BCUT2D eigenvalue weighted by Crippen LogP contribution is -2.43. The van der Waals surface area contributed by atoms with Crippen molar-refractivity contribution in [2.45, 2.75) is 58.1 Å². The third-order valence-corrected chi connectivity index (χ3v) is 4.88. The van der Waals surface area contributed by atoms with Gasteiger partial charge < -0.3 is 19.7 Å². The Balaban J connectivity index is 1.85. The lowest BCUT2D eigenvalue weighted by atomic mass is 9.91. The van der Waals surface area contributed by atoms with E-state index in [2.05, 4.69) is 16.1 Å². The Morgan fingerprint density at radius 2 is 1.92 bits per heavy atom. The summed E-state index contributed by atoms with van der Waals surface area (Å²) in [6, 6.07) is 2.63. The molecule has 134 valence electrons. The summed E-state index contributed by atoms with van der Waals surface area (Å²) in [6.07, 6.45) is 3.85. The number of carbonyl (C=O) groups is 1. The van der Waals surface area contributed by atoms with Crippen LogP contribution in [0.3, 0.4) is 0 Å². The van der Waals surface area contributed by atoms with Crippen molar-refractivity contribution < 1.29 is 14.7 Å². The van der Waals surface area contributed by atoms with Crippen LogP contribution in [0.15, 0.2) is 5.16 Å². The summed E-state index contributed by atoms with van der Waals surface area (Å²) >= 11 is 0. The van der Waals surface area contributed by atoms with Crippen molar-refractivity contribution in [2.75, 3.05) is 26.2 Å². The van der Waals surface area contributed by atoms with Crippen molar-refractivity contribution in [2.24, 2.45) is 11.1 Å². The van der Waals surface area contributed by atoms with Crippen molar-refractivity contribution in [3.8, 4) is 6.07 Å². The van der Waals surface area contributed by atoms with Gasteiger partial charge in [-0.05, 0) is 59.0 Å². The maximum atomic E-state index is 11.1. The van der Waals surface area contributed by atoms with Crippen LogP contribution in [0.25, 0.3) is 0 Å². The zero-order chi connectivity index (χ0) is 17.5. The number of rotatable bonds is 4. The molecule has 0 spiro atoms. The monoisotopic (exact) mass is 336 g/mol. The van der Waals surface area contributed by atoms with Gasteiger partial charge in [0.1, 0.15) is 12.2 Å². The van der Waals surface area contributed by atoms with E-state index in [1.807, 2.05) is 13.8 Å². The summed E-state index contributed by atoms with van der Waals surface area (Å²) in [5, 5.41) is 22.4. The Labute approximate surface area is 143 Å². The highest BCUT2D eigenvalue weighted by molar-refractivity contribution is 5.99. The Hall–Kier alpha value is -1.81. The second-order valence-corrected chi connectivity index (χ2v) is 6.91. The molecule has 7 nitrogen and oxygen atoms in total. The van der Waals surface area contributed by atoms with Crippen molar-refractivity contribution >= 4 is 11.8 Å². The predicted octanol–water partition coefficient (Wildman–Crippen LogP) is 2.54. The predicted molar refractivity (Wildman–Crippen MR) is 90.8 cm³/mol. The highest BCUT2D eigenvalue weighted by atomic mass is 16.6. The van der Waals surface area contributed by atoms with Gasteiger partial charge in [0.25, 0.3) is 0 Å². The zero-order valence-corrected chi connectivity index (χ0v) is 14.6. The third kappa shape index (κ3) is 5.10. The molecule has 1 N–H and O–H groups in total. The number of piperidine rings is 1. The summed E-state index contributed by atoms with van der Waals surface area (Å²) in [4.78, 5) is 20.3. The van der Waals surface area contributed by atoms with Gasteiger partial charge in [-0.1, -0.05) is 5.16 Å². The Morgan fingerprint density at radius 3 is 2.50 bits per heavy atom. The first-order valence-corrected chi connectivity index (χ1v) is 8.87. The van der Waals surface area contributed by atoms with E-state index in [1.54, 1.807) is 0 Å². The fourth-order valence-corrected chi connectivity index (χ4v) is 3.52. The largest absolute Gasteiger partial charge is 0.465 e. The van der Waals surface area contributed by atoms with E-state index in [-0.39, 0.29) is 12.0 Å². The van der Waals surface area contributed by atoms with Crippen molar-refractivity contribution in [1.82, 2.24) is 9.80 Å². The number of nitrogens with zero attached hydrogens (tertiary/aromatic N) is 4. The first-order chi connectivity index (χ1) is 11.5. The Morgan fingerprint density at radius 1 is 1.21 bits per heavy atom. The fraction of sp³-hybridized carbons (Fsp3) is 0.824.